The van der Waals surface area contributed by atoms with Crippen LogP contribution in [0.25, 0.3) is 0 Å². The van der Waals surface area contributed by atoms with Crippen molar-refractivity contribution in [3.8, 4) is 0 Å². The Kier molecular flexibility index (Phi) is 4.05. The lowest BCUT2D eigenvalue weighted by atomic mass is 9.87. The van der Waals surface area contributed by atoms with Crippen LogP contribution in [-0.4, -0.2) is 24.5 Å². The molecular formula is C12H19BrN2O. The first-order valence-corrected chi connectivity index (χ1v) is 6.64. The molecule has 1 saturated heterocycles. The van der Waals surface area contributed by atoms with Gasteiger partial charge in [0.05, 0.1) is 17.3 Å². The molecule has 1 aromatic heterocycles. The van der Waals surface area contributed by atoms with E-state index in [9.17, 15) is 0 Å². The topological polar surface area (TPSA) is 42.4 Å². The highest BCUT2D eigenvalue weighted by Gasteiger charge is 2.25. The Morgan fingerprint density at radius 1 is 1.62 bits per heavy atom. The van der Waals surface area contributed by atoms with Gasteiger partial charge in [0.25, 0.3) is 0 Å². The van der Waals surface area contributed by atoms with E-state index < -0.39 is 0 Å². The SMILES string of the molecule is CC1CCN(Cc2occc2Br)CC1CN. The van der Waals surface area contributed by atoms with Crippen LogP contribution in [0.3, 0.4) is 0 Å². The van der Waals surface area contributed by atoms with Gasteiger partial charge in [0.1, 0.15) is 5.76 Å². The lowest BCUT2D eigenvalue weighted by Gasteiger charge is -2.36. The summed E-state index contributed by atoms with van der Waals surface area (Å²) in [6.45, 7) is 6.21. The van der Waals surface area contributed by atoms with Crippen molar-refractivity contribution in [2.75, 3.05) is 19.6 Å². The number of likely N-dealkylation sites (tertiary alicyclic amines) is 1. The van der Waals surface area contributed by atoms with Gasteiger partial charge in [-0.05, 0) is 53.3 Å². The zero-order chi connectivity index (χ0) is 11.5. The second-order valence-corrected chi connectivity index (χ2v) is 5.54. The Balaban J connectivity index is 1.94. The van der Waals surface area contributed by atoms with Gasteiger partial charge in [0.15, 0.2) is 0 Å². The number of piperidine rings is 1. The fourth-order valence-corrected chi connectivity index (χ4v) is 2.64. The summed E-state index contributed by atoms with van der Waals surface area (Å²) in [6, 6.07) is 1.95. The van der Waals surface area contributed by atoms with E-state index in [0.29, 0.717) is 5.92 Å². The third-order valence-electron chi connectivity index (χ3n) is 3.56. The van der Waals surface area contributed by atoms with Gasteiger partial charge in [-0.1, -0.05) is 6.92 Å². The Morgan fingerprint density at radius 3 is 3.06 bits per heavy atom. The molecule has 0 spiro atoms. The normalized spacial score (nSPS) is 27.2. The molecule has 16 heavy (non-hydrogen) atoms. The Bertz CT molecular complexity index is 340. The average molecular weight is 287 g/mol. The lowest BCUT2D eigenvalue weighted by Crippen LogP contribution is -2.42. The molecule has 90 valence electrons. The van der Waals surface area contributed by atoms with Crippen molar-refractivity contribution >= 4 is 15.9 Å². The standard InChI is InChI=1S/C12H19BrN2O/c1-9-2-4-15(7-10(9)6-14)8-12-11(13)3-5-16-12/h3,5,9-10H,2,4,6-8,14H2,1H3. The highest BCUT2D eigenvalue weighted by molar-refractivity contribution is 9.10. The molecule has 1 aliphatic heterocycles. The van der Waals surface area contributed by atoms with Crippen LogP contribution >= 0.6 is 15.9 Å². The maximum absolute atomic E-state index is 5.80. The summed E-state index contributed by atoms with van der Waals surface area (Å²) in [7, 11) is 0. The molecule has 1 aliphatic rings. The first-order chi connectivity index (χ1) is 7.70. The van der Waals surface area contributed by atoms with E-state index in [-0.39, 0.29) is 0 Å². The Labute approximate surface area is 105 Å². The smallest absolute Gasteiger partial charge is 0.131 e. The third-order valence-corrected chi connectivity index (χ3v) is 4.27. The predicted molar refractivity (Wildman–Crippen MR) is 68.0 cm³/mol. The van der Waals surface area contributed by atoms with E-state index in [1.807, 2.05) is 6.07 Å². The molecule has 1 fully saturated rings. The van der Waals surface area contributed by atoms with Crippen LogP contribution < -0.4 is 5.73 Å². The predicted octanol–water partition coefficient (Wildman–Crippen LogP) is 2.46. The van der Waals surface area contributed by atoms with E-state index in [1.165, 1.54) is 6.42 Å². The highest BCUT2D eigenvalue weighted by atomic mass is 79.9. The maximum atomic E-state index is 5.80. The van der Waals surface area contributed by atoms with Crippen LogP contribution in [0.1, 0.15) is 19.1 Å². The lowest BCUT2D eigenvalue weighted by molar-refractivity contribution is 0.118. The van der Waals surface area contributed by atoms with Crippen LogP contribution in [0, 0.1) is 11.8 Å². The van der Waals surface area contributed by atoms with E-state index in [1.54, 1.807) is 6.26 Å². The Hall–Kier alpha value is -0.320. The second-order valence-electron chi connectivity index (χ2n) is 4.69. The summed E-state index contributed by atoms with van der Waals surface area (Å²) < 4.78 is 6.51. The molecular weight excluding hydrogens is 268 g/mol. The minimum Gasteiger partial charge on any atom is -0.467 e. The van der Waals surface area contributed by atoms with Crippen LogP contribution in [0.4, 0.5) is 0 Å². The van der Waals surface area contributed by atoms with Crippen molar-refractivity contribution in [2.45, 2.75) is 19.9 Å². The number of furan rings is 1. The molecule has 0 aromatic carbocycles. The van der Waals surface area contributed by atoms with Gasteiger partial charge in [0.2, 0.25) is 0 Å². The fraction of sp³-hybridized carbons (Fsp3) is 0.667. The van der Waals surface area contributed by atoms with Gasteiger partial charge in [-0.15, -0.1) is 0 Å². The molecule has 2 rings (SSSR count). The molecule has 0 saturated carbocycles. The van der Waals surface area contributed by atoms with Gasteiger partial charge in [-0.25, -0.2) is 0 Å². The van der Waals surface area contributed by atoms with Crippen molar-refractivity contribution in [3.63, 3.8) is 0 Å². The first-order valence-electron chi connectivity index (χ1n) is 5.85. The molecule has 0 amide bonds. The summed E-state index contributed by atoms with van der Waals surface area (Å²) in [4.78, 5) is 2.43. The van der Waals surface area contributed by atoms with Crippen molar-refractivity contribution < 1.29 is 4.42 Å². The van der Waals surface area contributed by atoms with Gasteiger partial charge >= 0.3 is 0 Å². The molecule has 2 atom stereocenters. The molecule has 0 bridgehead atoms. The summed E-state index contributed by atoms with van der Waals surface area (Å²) >= 11 is 3.49. The van der Waals surface area contributed by atoms with Gasteiger partial charge in [0, 0.05) is 6.54 Å². The minimum absolute atomic E-state index is 0.627. The number of halogens is 1. The van der Waals surface area contributed by atoms with E-state index in [2.05, 4.69) is 27.8 Å². The zero-order valence-electron chi connectivity index (χ0n) is 9.66. The van der Waals surface area contributed by atoms with Crippen molar-refractivity contribution in [1.29, 1.82) is 0 Å². The van der Waals surface area contributed by atoms with Crippen molar-refractivity contribution in [3.05, 3.63) is 22.6 Å². The van der Waals surface area contributed by atoms with E-state index in [0.717, 1.165) is 42.3 Å². The molecule has 2 heterocycles. The van der Waals surface area contributed by atoms with Gasteiger partial charge < -0.3 is 10.2 Å². The van der Waals surface area contributed by atoms with Crippen molar-refractivity contribution in [1.82, 2.24) is 4.90 Å². The van der Waals surface area contributed by atoms with E-state index in [4.69, 9.17) is 10.2 Å². The van der Waals surface area contributed by atoms with Crippen LogP contribution in [0.5, 0.6) is 0 Å². The van der Waals surface area contributed by atoms with Crippen LogP contribution in [-0.2, 0) is 6.54 Å². The highest BCUT2D eigenvalue weighted by Crippen LogP contribution is 2.25. The first kappa shape index (κ1) is 12.1. The zero-order valence-corrected chi connectivity index (χ0v) is 11.2. The summed E-state index contributed by atoms with van der Waals surface area (Å²) in [5.41, 5.74) is 5.80. The Morgan fingerprint density at radius 2 is 2.44 bits per heavy atom. The number of nitrogens with two attached hydrogens (primary N) is 1. The number of rotatable bonds is 3. The molecule has 0 aliphatic carbocycles. The fourth-order valence-electron chi connectivity index (χ4n) is 2.32. The number of nitrogens with zero attached hydrogens (tertiary/aromatic N) is 1. The second kappa shape index (κ2) is 5.34. The summed E-state index contributed by atoms with van der Waals surface area (Å²) in [5.74, 6) is 2.40. The van der Waals surface area contributed by atoms with Crippen LogP contribution in [0.15, 0.2) is 21.2 Å². The molecule has 1 aromatic rings. The molecule has 4 heteroatoms. The molecule has 2 unspecified atom stereocenters. The third kappa shape index (κ3) is 2.67. The maximum Gasteiger partial charge on any atom is 0.131 e. The van der Waals surface area contributed by atoms with Gasteiger partial charge in [-0.3, -0.25) is 4.90 Å². The molecule has 3 nitrogen and oxygen atoms in total. The van der Waals surface area contributed by atoms with E-state index >= 15 is 0 Å². The number of hydrogen-bond donors (Lipinski definition) is 1. The molecule has 0 radical (unpaired) electrons. The summed E-state index contributed by atoms with van der Waals surface area (Å²) in [5, 5.41) is 0. The monoisotopic (exact) mass is 286 g/mol. The van der Waals surface area contributed by atoms with Gasteiger partial charge in [-0.2, -0.15) is 0 Å². The average Bonchev–Trinajstić information content (AvgIpc) is 2.67. The summed E-state index contributed by atoms with van der Waals surface area (Å²) in [6.07, 6.45) is 2.96. The largest absolute Gasteiger partial charge is 0.467 e. The minimum atomic E-state index is 0.627. The quantitative estimate of drug-likeness (QED) is 0.928. The van der Waals surface area contributed by atoms with Crippen molar-refractivity contribution in [2.24, 2.45) is 17.6 Å². The molecule has 2 N–H and O–H groups in total. The number of hydrogen-bond acceptors (Lipinski definition) is 3. The van der Waals surface area contributed by atoms with Crippen LogP contribution in [0.2, 0.25) is 0 Å².